The molecule has 118 valence electrons. The van der Waals surface area contributed by atoms with E-state index in [1.54, 1.807) is 11.0 Å². The van der Waals surface area contributed by atoms with Crippen molar-refractivity contribution in [1.29, 1.82) is 0 Å². The van der Waals surface area contributed by atoms with Crippen LogP contribution >= 0.6 is 27.7 Å². The third-order valence-electron chi connectivity index (χ3n) is 2.62. The molecule has 0 saturated heterocycles. The van der Waals surface area contributed by atoms with Gasteiger partial charge >= 0.3 is 0 Å². The van der Waals surface area contributed by atoms with Gasteiger partial charge in [-0.1, -0.05) is 6.92 Å². The first-order valence-electron chi connectivity index (χ1n) is 6.39. The van der Waals surface area contributed by atoms with Gasteiger partial charge in [0.1, 0.15) is 11.6 Å². The Balaban J connectivity index is 2.27. The van der Waals surface area contributed by atoms with Crippen LogP contribution in [0.1, 0.15) is 18.5 Å². The summed E-state index contributed by atoms with van der Waals surface area (Å²) in [6.45, 7) is 1.92. The average Bonchev–Trinajstić information content (AvgIpc) is 3.04. The van der Waals surface area contributed by atoms with Gasteiger partial charge in [-0.15, -0.1) is 5.10 Å². The molecule has 0 bridgehead atoms. The molecule has 2 aromatic heterocycles. The Bertz CT molecular complexity index is 708. The van der Waals surface area contributed by atoms with E-state index in [0.29, 0.717) is 29.0 Å². The minimum atomic E-state index is -1.31. The monoisotopic (exact) mass is 385 g/mol. The Kier molecular flexibility index (Phi) is 5.30. The Hall–Kier alpha value is -1.74. The van der Waals surface area contributed by atoms with Gasteiger partial charge in [0.05, 0.1) is 10.4 Å². The second-order valence-electron chi connectivity index (χ2n) is 4.51. The molecule has 1 N–H and O–H groups in total. The van der Waals surface area contributed by atoms with E-state index in [-0.39, 0.29) is 4.91 Å². The van der Waals surface area contributed by atoms with Crippen LogP contribution in [0, 0.1) is 0 Å². The number of aryl methyl sites for hydroxylation is 1. The van der Waals surface area contributed by atoms with E-state index in [1.807, 2.05) is 21.0 Å². The van der Waals surface area contributed by atoms with Gasteiger partial charge in [-0.2, -0.15) is 0 Å². The SMILES string of the molecule is CCc1nc(S/C(=C\c2cc(Br)c(N(C)C)o2)C(=O)[O-])n[nH]1. The van der Waals surface area contributed by atoms with Crippen LogP contribution in [-0.2, 0) is 11.2 Å². The molecule has 0 aromatic carbocycles. The minimum absolute atomic E-state index is 0.0341. The van der Waals surface area contributed by atoms with Crippen molar-refractivity contribution in [2.45, 2.75) is 18.5 Å². The number of thioether (sulfide) groups is 1. The van der Waals surface area contributed by atoms with Crippen LogP contribution in [-0.4, -0.2) is 35.2 Å². The quantitative estimate of drug-likeness (QED) is 0.596. The normalized spacial score (nSPS) is 11.7. The fraction of sp³-hybridized carbons (Fsp3) is 0.308. The van der Waals surface area contributed by atoms with Crippen LogP contribution in [0.2, 0.25) is 0 Å². The van der Waals surface area contributed by atoms with Crippen molar-refractivity contribution in [3.63, 3.8) is 0 Å². The number of hydrogen-bond donors (Lipinski definition) is 1. The molecule has 0 aliphatic carbocycles. The van der Waals surface area contributed by atoms with Crippen LogP contribution in [0.3, 0.4) is 0 Å². The van der Waals surface area contributed by atoms with Crippen molar-refractivity contribution >= 4 is 45.6 Å². The molecule has 0 aliphatic heterocycles. The van der Waals surface area contributed by atoms with Crippen molar-refractivity contribution in [2.24, 2.45) is 0 Å². The zero-order valence-corrected chi connectivity index (χ0v) is 14.6. The van der Waals surface area contributed by atoms with E-state index < -0.39 is 5.97 Å². The molecule has 0 unspecified atom stereocenters. The lowest BCUT2D eigenvalue weighted by Crippen LogP contribution is -2.23. The largest absolute Gasteiger partial charge is 0.544 e. The van der Waals surface area contributed by atoms with E-state index >= 15 is 0 Å². The van der Waals surface area contributed by atoms with Crippen molar-refractivity contribution < 1.29 is 14.3 Å². The molecular formula is C13H14BrN4O3S-. The smallest absolute Gasteiger partial charge is 0.213 e. The van der Waals surface area contributed by atoms with Gasteiger partial charge in [0.25, 0.3) is 0 Å². The number of aromatic nitrogens is 3. The van der Waals surface area contributed by atoms with Gasteiger partial charge in [-0.3, -0.25) is 5.10 Å². The number of carboxylic acids is 1. The number of rotatable bonds is 6. The van der Waals surface area contributed by atoms with Crippen LogP contribution in [0.4, 0.5) is 5.88 Å². The summed E-state index contributed by atoms with van der Waals surface area (Å²) in [5.41, 5.74) is 0. The van der Waals surface area contributed by atoms with E-state index in [1.165, 1.54) is 6.08 Å². The number of carbonyl (C=O) groups is 1. The van der Waals surface area contributed by atoms with Gasteiger partial charge in [0, 0.05) is 31.5 Å². The number of anilines is 1. The predicted octanol–water partition coefficient (Wildman–Crippen LogP) is 1.67. The Labute approximate surface area is 139 Å². The molecule has 2 heterocycles. The summed E-state index contributed by atoms with van der Waals surface area (Å²) in [7, 11) is 3.65. The van der Waals surface area contributed by atoms with Crippen LogP contribution in [0.5, 0.6) is 0 Å². The number of carboxylic acid groups (broad SMARTS) is 1. The molecule has 22 heavy (non-hydrogen) atoms. The number of aliphatic carboxylic acids is 1. The summed E-state index contributed by atoms with van der Waals surface area (Å²) >= 11 is 4.27. The minimum Gasteiger partial charge on any atom is -0.544 e. The molecule has 0 radical (unpaired) electrons. The molecule has 0 aliphatic rings. The molecule has 7 nitrogen and oxygen atoms in total. The fourth-order valence-corrected chi connectivity index (χ4v) is 2.96. The molecule has 0 fully saturated rings. The topological polar surface area (TPSA) is 98.1 Å². The molecule has 0 saturated carbocycles. The first-order valence-corrected chi connectivity index (χ1v) is 8.00. The van der Waals surface area contributed by atoms with Crippen LogP contribution in [0.25, 0.3) is 6.08 Å². The third kappa shape index (κ3) is 3.92. The van der Waals surface area contributed by atoms with Gasteiger partial charge in [-0.25, -0.2) is 4.98 Å². The second kappa shape index (κ2) is 7.01. The zero-order valence-electron chi connectivity index (χ0n) is 12.2. The van der Waals surface area contributed by atoms with Gasteiger partial charge in [0.15, 0.2) is 0 Å². The summed E-state index contributed by atoms with van der Waals surface area (Å²) in [4.78, 5) is 17.2. The lowest BCUT2D eigenvalue weighted by molar-refractivity contribution is -0.298. The Morgan fingerprint density at radius 1 is 1.59 bits per heavy atom. The standard InChI is InChI=1S/C13H15BrN4O3S/c1-4-10-15-13(17-16-10)22-9(12(19)20)6-7-5-8(14)11(21-7)18(2)3/h5-6H,4H2,1-3H3,(H,19,20)(H,15,16,17)/p-1/b9-6-. The number of aromatic amines is 1. The zero-order chi connectivity index (χ0) is 16.3. The maximum atomic E-state index is 11.3. The number of carbonyl (C=O) groups excluding carboxylic acids is 1. The van der Waals surface area contributed by atoms with Crippen molar-refractivity contribution in [2.75, 3.05) is 19.0 Å². The van der Waals surface area contributed by atoms with Crippen molar-refractivity contribution in [3.05, 3.63) is 27.0 Å². The van der Waals surface area contributed by atoms with Gasteiger partial charge < -0.3 is 19.2 Å². The molecule has 0 atom stereocenters. The van der Waals surface area contributed by atoms with Crippen LogP contribution in [0.15, 0.2) is 25.0 Å². The second-order valence-corrected chi connectivity index (χ2v) is 6.38. The summed E-state index contributed by atoms with van der Waals surface area (Å²) in [6.07, 6.45) is 2.08. The number of H-pyrrole nitrogens is 1. The first kappa shape index (κ1) is 16.6. The molecule has 9 heteroatoms. The maximum Gasteiger partial charge on any atom is 0.213 e. The molecular weight excluding hydrogens is 372 g/mol. The third-order valence-corrected chi connectivity index (χ3v) is 4.05. The highest BCUT2D eigenvalue weighted by Crippen LogP contribution is 2.32. The number of hydrogen-bond acceptors (Lipinski definition) is 7. The van der Waals surface area contributed by atoms with Gasteiger partial charge in [0.2, 0.25) is 11.0 Å². The van der Waals surface area contributed by atoms with Crippen molar-refractivity contribution in [3.8, 4) is 0 Å². The molecule has 0 amide bonds. The number of nitrogens with one attached hydrogen (secondary N) is 1. The number of halogens is 1. The molecule has 2 rings (SSSR count). The van der Waals surface area contributed by atoms with Gasteiger partial charge in [-0.05, 0) is 33.8 Å². The highest BCUT2D eigenvalue weighted by Gasteiger charge is 2.12. The fourth-order valence-electron chi connectivity index (χ4n) is 1.59. The average molecular weight is 386 g/mol. The van der Waals surface area contributed by atoms with E-state index in [2.05, 4.69) is 31.1 Å². The number of furan rings is 1. The summed E-state index contributed by atoms with van der Waals surface area (Å²) < 4.78 is 6.30. The Morgan fingerprint density at radius 3 is 2.82 bits per heavy atom. The molecule has 2 aromatic rings. The highest BCUT2D eigenvalue weighted by molar-refractivity contribution is 9.10. The molecule has 0 spiro atoms. The maximum absolute atomic E-state index is 11.3. The van der Waals surface area contributed by atoms with E-state index in [4.69, 9.17) is 4.42 Å². The number of nitrogens with zero attached hydrogens (tertiary/aromatic N) is 3. The highest BCUT2D eigenvalue weighted by atomic mass is 79.9. The van der Waals surface area contributed by atoms with E-state index in [0.717, 1.165) is 16.2 Å². The first-order chi connectivity index (χ1) is 10.4. The van der Waals surface area contributed by atoms with Crippen molar-refractivity contribution in [1.82, 2.24) is 15.2 Å². The van der Waals surface area contributed by atoms with E-state index in [9.17, 15) is 9.90 Å². The predicted molar refractivity (Wildman–Crippen MR) is 85.3 cm³/mol. The summed E-state index contributed by atoms with van der Waals surface area (Å²) in [5, 5.41) is 18.3. The lowest BCUT2D eigenvalue weighted by atomic mass is 10.4. The summed E-state index contributed by atoms with van der Waals surface area (Å²) in [6, 6.07) is 1.69. The lowest BCUT2D eigenvalue weighted by Gasteiger charge is -2.08. The van der Waals surface area contributed by atoms with Crippen LogP contribution < -0.4 is 10.0 Å². The summed E-state index contributed by atoms with van der Waals surface area (Å²) in [5.74, 6) is 0.372. The Morgan fingerprint density at radius 2 is 2.32 bits per heavy atom.